The largest absolute Gasteiger partial charge is 0.478 e. The summed E-state index contributed by atoms with van der Waals surface area (Å²) in [7, 11) is 0. The van der Waals surface area contributed by atoms with E-state index in [1.54, 1.807) is 19.2 Å². The van der Waals surface area contributed by atoms with E-state index in [1.165, 1.54) is 0 Å². The number of anilines is 1. The van der Waals surface area contributed by atoms with Crippen LogP contribution in [-0.2, 0) is 0 Å². The topological polar surface area (TPSA) is 73.7 Å². The highest BCUT2D eigenvalue weighted by Crippen LogP contribution is 2.28. The van der Waals surface area contributed by atoms with E-state index in [1.807, 2.05) is 4.90 Å². The Morgan fingerprint density at radius 3 is 2.67 bits per heavy atom. The van der Waals surface area contributed by atoms with Crippen LogP contribution in [0.5, 0.6) is 0 Å². The van der Waals surface area contributed by atoms with Gasteiger partial charge in [0, 0.05) is 23.8 Å². The fourth-order valence-corrected chi connectivity index (χ4v) is 2.37. The van der Waals surface area contributed by atoms with Crippen molar-refractivity contribution >= 4 is 27.7 Å². The van der Waals surface area contributed by atoms with Crippen molar-refractivity contribution < 1.29 is 15.0 Å². The van der Waals surface area contributed by atoms with Gasteiger partial charge in [-0.3, -0.25) is 0 Å². The van der Waals surface area contributed by atoms with E-state index in [0.29, 0.717) is 36.2 Å². The van der Waals surface area contributed by atoms with Gasteiger partial charge in [0.2, 0.25) is 0 Å². The molecule has 0 unspecified atom stereocenters. The minimum Gasteiger partial charge on any atom is -0.478 e. The summed E-state index contributed by atoms with van der Waals surface area (Å²) in [5, 5.41) is 19.1. The van der Waals surface area contributed by atoms with Gasteiger partial charge in [-0.15, -0.1) is 0 Å². The summed E-state index contributed by atoms with van der Waals surface area (Å²) in [6.45, 7) is 3.03. The minimum atomic E-state index is -0.990. The van der Waals surface area contributed by atoms with Crippen molar-refractivity contribution in [1.29, 1.82) is 0 Å². The SMILES string of the molecule is CC1(O)CCN(c2ncc(Br)cc2C(=O)O)CC1. The Morgan fingerprint density at radius 2 is 2.11 bits per heavy atom. The number of piperidine rings is 1. The molecule has 18 heavy (non-hydrogen) atoms. The Morgan fingerprint density at radius 1 is 1.50 bits per heavy atom. The standard InChI is InChI=1S/C12H15BrN2O3/c1-12(18)2-4-15(5-3-12)10-9(11(16)17)6-8(13)7-14-10/h6-7,18H,2-5H2,1H3,(H,16,17). The van der Waals surface area contributed by atoms with Gasteiger partial charge in [-0.1, -0.05) is 0 Å². The number of carboxylic acid groups (broad SMARTS) is 1. The van der Waals surface area contributed by atoms with Crippen LogP contribution in [0, 0.1) is 0 Å². The average Bonchev–Trinajstić information content (AvgIpc) is 2.29. The zero-order chi connectivity index (χ0) is 13.3. The van der Waals surface area contributed by atoms with E-state index >= 15 is 0 Å². The zero-order valence-electron chi connectivity index (χ0n) is 10.1. The molecular weight excluding hydrogens is 300 g/mol. The molecule has 1 saturated heterocycles. The van der Waals surface area contributed by atoms with Gasteiger partial charge in [0.15, 0.2) is 0 Å². The first-order valence-electron chi connectivity index (χ1n) is 5.75. The maximum Gasteiger partial charge on any atom is 0.339 e. The number of halogens is 1. The fourth-order valence-electron chi connectivity index (χ4n) is 2.04. The van der Waals surface area contributed by atoms with Crippen LogP contribution in [0.1, 0.15) is 30.1 Å². The predicted molar refractivity (Wildman–Crippen MR) is 71.0 cm³/mol. The third-order valence-electron chi connectivity index (χ3n) is 3.20. The van der Waals surface area contributed by atoms with E-state index in [2.05, 4.69) is 20.9 Å². The number of aromatic nitrogens is 1. The van der Waals surface area contributed by atoms with Crippen molar-refractivity contribution in [3.8, 4) is 0 Å². The molecule has 0 aliphatic carbocycles. The lowest BCUT2D eigenvalue weighted by molar-refractivity contribution is 0.0350. The molecule has 0 aromatic carbocycles. The van der Waals surface area contributed by atoms with Crippen LogP contribution in [-0.4, -0.2) is 39.9 Å². The van der Waals surface area contributed by atoms with Gasteiger partial charge in [0.05, 0.1) is 5.60 Å². The molecule has 0 amide bonds. The lowest BCUT2D eigenvalue weighted by atomic mass is 9.93. The monoisotopic (exact) mass is 314 g/mol. The third-order valence-corrected chi connectivity index (χ3v) is 3.64. The summed E-state index contributed by atoms with van der Waals surface area (Å²) in [6.07, 6.45) is 2.82. The molecule has 0 bridgehead atoms. The second kappa shape index (κ2) is 4.85. The molecule has 0 saturated carbocycles. The highest BCUT2D eigenvalue weighted by atomic mass is 79.9. The number of aromatic carboxylic acids is 1. The molecule has 0 atom stereocenters. The minimum absolute atomic E-state index is 0.186. The van der Waals surface area contributed by atoms with Crippen molar-refractivity contribution in [2.45, 2.75) is 25.4 Å². The fraction of sp³-hybridized carbons (Fsp3) is 0.500. The Bertz CT molecular complexity index is 466. The van der Waals surface area contributed by atoms with Crippen molar-refractivity contribution in [3.63, 3.8) is 0 Å². The number of hydrogen-bond donors (Lipinski definition) is 2. The van der Waals surface area contributed by atoms with E-state index < -0.39 is 11.6 Å². The molecule has 98 valence electrons. The van der Waals surface area contributed by atoms with Crippen LogP contribution in [0.25, 0.3) is 0 Å². The quantitative estimate of drug-likeness (QED) is 0.872. The van der Waals surface area contributed by atoms with Crippen LogP contribution in [0.3, 0.4) is 0 Å². The van der Waals surface area contributed by atoms with Gasteiger partial charge in [0.1, 0.15) is 11.4 Å². The van der Waals surface area contributed by atoms with Crippen molar-refractivity contribution in [3.05, 3.63) is 22.3 Å². The number of carbonyl (C=O) groups is 1. The van der Waals surface area contributed by atoms with Gasteiger partial charge in [-0.05, 0) is 41.8 Å². The first-order chi connectivity index (χ1) is 8.39. The summed E-state index contributed by atoms with van der Waals surface area (Å²) in [6, 6.07) is 1.55. The molecule has 1 aromatic rings. The van der Waals surface area contributed by atoms with Crippen LogP contribution in [0.2, 0.25) is 0 Å². The van der Waals surface area contributed by atoms with Crippen molar-refractivity contribution in [1.82, 2.24) is 4.98 Å². The van der Waals surface area contributed by atoms with Gasteiger partial charge < -0.3 is 15.1 Å². The maximum absolute atomic E-state index is 11.2. The lowest BCUT2D eigenvalue weighted by Crippen LogP contribution is -2.43. The number of aliphatic hydroxyl groups is 1. The Hall–Kier alpha value is -1.14. The molecule has 2 rings (SSSR count). The number of pyridine rings is 1. The molecular formula is C12H15BrN2O3. The molecule has 0 radical (unpaired) electrons. The van der Waals surface area contributed by atoms with E-state index in [9.17, 15) is 15.0 Å². The smallest absolute Gasteiger partial charge is 0.339 e. The zero-order valence-corrected chi connectivity index (χ0v) is 11.6. The van der Waals surface area contributed by atoms with Gasteiger partial charge >= 0.3 is 5.97 Å². The van der Waals surface area contributed by atoms with Gasteiger partial charge in [-0.2, -0.15) is 0 Å². The Balaban J connectivity index is 2.26. The molecule has 0 spiro atoms. The molecule has 1 aliphatic heterocycles. The van der Waals surface area contributed by atoms with E-state index in [0.717, 1.165) is 0 Å². The summed E-state index contributed by atoms with van der Waals surface area (Å²) in [5.74, 6) is -0.516. The molecule has 1 aliphatic rings. The summed E-state index contributed by atoms with van der Waals surface area (Å²) in [4.78, 5) is 17.3. The van der Waals surface area contributed by atoms with E-state index in [4.69, 9.17) is 0 Å². The molecule has 2 N–H and O–H groups in total. The molecule has 6 heteroatoms. The predicted octanol–water partition coefficient (Wildman–Crippen LogP) is 1.89. The molecule has 2 heterocycles. The number of hydrogen-bond acceptors (Lipinski definition) is 4. The molecule has 1 fully saturated rings. The summed E-state index contributed by atoms with van der Waals surface area (Å²) in [5.41, 5.74) is -0.471. The Labute approximate surface area is 114 Å². The van der Waals surface area contributed by atoms with E-state index in [-0.39, 0.29) is 5.56 Å². The highest BCUT2D eigenvalue weighted by molar-refractivity contribution is 9.10. The lowest BCUT2D eigenvalue weighted by Gasteiger charge is -2.36. The second-order valence-corrected chi connectivity index (χ2v) is 5.73. The molecule has 1 aromatic heterocycles. The number of carboxylic acids is 1. The summed E-state index contributed by atoms with van der Waals surface area (Å²) >= 11 is 3.22. The first kappa shape index (κ1) is 13.3. The van der Waals surface area contributed by atoms with Crippen molar-refractivity contribution in [2.75, 3.05) is 18.0 Å². The van der Waals surface area contributed by atoms with Crippen LogP contribution in [0.15, 0.2) is 16.7 Å². The van der Waals surface area contributed by atoms with Gasteiger partial charge in [-0.25, -0.2) is 9.78 Å². The number of rotatable bonds is 2. The van der Waals surface area contributed by atoms with Crippen LogP contribution < -0.4 is 4.90 Å². The van der Waals surface area contributed by atoms with Crippen molar-refractivity contribution in [2.24, 2.45) is 0 Å². The third kappa shape index (κ3) is 2.81. The first-order valence-corrected chi connectivity index (χ1v) is 6.54. The average molecular weight is 315 g/mol. The van der Waals surface area contributed by atoms with Crippen LogP contribution in [0.4, 0.5) is 5.82 Å². The Kier molecular flexibility index (Phi) is 3.59. The van der Waals surface area contributed by atoms with Crippen LogP contribution >= 0.6 is 15.9 Å². The summed E-state index contributed by atoms with van der Waals surface area (Å²) < 4.78 is 0.646. The highest BCUT2D eigenvalue weighted by Gasteiger charge is 2.29. The molecule has 5 nitrogen and oxygen atoms in total. The normalized spacial score (nSPS) is 18.7. The second-order valence-electron chi connectivity index (χ2n) is 4.81. The number of nitrogens with zero attached hydrogens (tertiary/aromatic N) is 2. The maximum atomic E-state index is 11.2. The van der Waals surface area contributed by atoms with Gasteiger partial charge in [0.25, 0.3) is 0 Å².